The minimum absolute atomic E-state index is 0.0889. The van der Waals surface area contributed by atoms with Crippen LogP contribution >= 0.6 is 11.6 Å². The molecule has 0 unspecified atom stereocenters. The molecule has 3 N–H and O–H groups in total. The van der Waals surface area contributed by atoms with E-state index >= 15 is 0 Å². The monoisotopic (exact) mass is 853 g/mol. The van der Waals surface area contributed by atoms with E-state index in [1.165, 1.54) is 36.2 Å². The second-order valence-corrected chi connectivity index (χ2v) is 18.7. The summed E-state index contributed by atoms with van der Waals surface area (Å²) in [6.45, 7) is 8.80. The van der Waals surface area contributed by atoms with Crippen LogP contribution in [0.3, 0.4) is 0 Å². The molecular formula is C38H47ClF3N7O8S. The van der Waals surface area contributed by atoms with Gasteiger partial charge in [-0.1, -0.05) is 38.4 Å². The van der Waals surface area contributed by atoms with Crippen molar-refractivity contribution in [1.82, 2.24) is 29.8 Å². The van der Waals surface area contributed by atoms with Gasteiger partial charge in [-0.05, 0) is 74.6 Å². The zero-order valence-electron chi connectivity index (χ0n) is 32.5. The Bertz CT molecular complexity index is 2040. The van der Waals surface area contributed by atoms with E-state index in [9.17, 15) is 40.8 Å². The van der Waals surface area contributed by atoms with E-state index < -0.39 is 85.9 Å². The molecule has 20 heteroatoms. The summed E-state index contributed by atoms with van der Waals surface area (Å²) in [5.41, 5.74) is -3.11. The number of rotatable bonds is 13. The van der Waals surface area contributed by atoms with Crippen LogP contribution < -0.4 is 20.1 Å². The third kappa shape index (κ3) is 9.45. The number of amides is 4. The van der Waals surface area contributed by atoms with Crippen LogP contribution in [0.4, 0.5) is 29.6 Å². The van der Waals surface area contributed by atoms with Crippen LogP contribution in [0.25, 0.3) is 0 Å². The number of sulfonamides is 1. The molecule has 3 saturated carbocycles. The number of anilines is 2. The molecule has 1 saturated heterocycles. The summed E-state index contributed by atoms with van der Waals surface area (Å²) in [7, 11) is -2.60. The number of aromatic nitrogens is 2. The lowest BCUT2D eigenvalue weighted by Gasteiger charge is -2.37. The number of carbonyl (C=O) groups excluding carboxylic acids is 4. The van der Waals surface area contributed by atoms with Crippen molar-refractivity contribution in [1.29, 1.82) is 0 Å². The average Bonchev–Trinajstić information content (AvgIpc) is 4.03. The van der Waals surface area contributed by atoms with Crippen molar-refractivity contribution in [3.8, 4) is 5.88 Å². The fraction of sp³-hybridized carbons (Fsp3) is 0.579. The van der Waals surface area contributed by atoms with Crippen molar-refractivity contribution in [2.75, 3.05) is 18.9 Å². The van der Waals surface area contributed by atoms with Crippen LogP contribution in [-0.2, 0) is 35.3 Å². The quantitative estimate of drug-likeness (QED) is 0.174. The molecule has 4 amide bonds. The molecule has 5 atom stereocenters. The first-order valence-corrected chi connectivity index (χ1v) is 20.9. The Morgan fingerprint density at radius 1 is 1.05 bits per heavy atom. The molecule has 0 radical (unpaired) electrons. The lowest BCUT2D eigenvalue weighted by molar-refractivity contribution is -0.149. The van der Waals surface area contributed by atoms with Crippen LogP contribution in [0.2, 0.25) is 5.15 Å². The highest BCUT2D eigenvalue weighted by molar-refractivity contribution is 7.91. The number of benzene rings is 1. The highest BCUT2D eigenvalue weighted by atomic mass is 35.5. The van der Waals surface area contributed by atoms with Crippen molar-refractivity contribution in [2.24, 2.45) is 11.3 Å². The molecule has 1 aromatic carbocycles. The number of nitrogens with one attached hydrogen (secondary N) is 3. The van der Waals surface area contributed by atoms with Crippen LogP contribution in [0, 0.1) is 11.3 Å². The number of likely N-dealkylation sites (N-methyl/N-ethyl adjacent to an activating group) is 1. The molecule has 1 aromatic heterocycles. The van der Waals surface area contributed by atoms with Gasteiger partial charge in [-0.2, -0.15) is 18.2 Å². The van der Waals surface area contributed by atoms with Crippen molar-refractivity contribution in [3.05, 3.63) is 53.7 Å². The number of carbonyl (C=O) groups is 4. The van der Waals surface area contributed by atoms with Gasteiger partial charge in [-0.3, -0.25) is 19.1 Å². The molecule has 1 aliphatic heterocycles. The first kappa shape index (κ1) is 42.9. The molecule has 4 fully saturated rings. The number of alkyl carbamates (subject to hydrolysis) is 1. The van der Waals surface area contributed by atoms with Gasteiger partial charge in [0.25, 0.3) is 5.91 Å². The molecule has 3 aliphatic carbocycles. The minimum Gasteiger partial charge on any atom is -0.472 e. The maximum atomic E-state index is 14.6. The number of hydrogen-bond donors (Lipinski definition) is 3. The largest absolute Gasteiger partial charge is 0.472 e. The van der Waals surface area contributed by atoms with E-state index in [0.717, 1.165) is 29.9 Å². The van der Waals surface area contributed by atoms with Crippen LogP contribution in [0.1, 0.15) is 77.7 Å². The zero-order chi connectivity index (χ0) is 42.4. The summed E-state index contributed by atoms with van der Waals surface area (Å²) < 4.78 is 78.9. The number of ether oxygens (including phenoxy) is 2. The summed E-state index contributed by atoms with van der Waals surface area (Å²) in [6.07, 6.45) is -1.03. The molecule has 2 heterocycles. The van der Waals surface area contributed by atoms with Gasteiger partial charge in [0, 0.05) is 31.1 Å². The maximum absolute atomic E-state index is 14.6. The molecule has 316 valence electrons. The van der Waals surface area contributed by atoms with Gasteiger partial charge in [0.15, 0.2) is 0 Å². The Kier molecular flexibility index (Phi) is 12.0. The minimum atomic E-state index is -4.53. The van der Waals surface area contributed by atoms with Gasteiger partial charge < -0.3 is 29.9 Å². The van der Waals surface area contributed by atoms with Crippen molar-refractivity contribution in [2.45, 2.75) is 113 Å². The normalized spacial score (nSPS) is 24.1. The van der Waals surface area contributed by atoms with Crippen molar-refractivity contribution in [3.63, 3.8) is 0 Å². The van der Waals surface area contributed by atoms with Gasteiger partial charge in [-0.25, -0.2) is 18.2 Å². The third-order valence-electron chi connectivity index (χ3n) is 11.0. The number of likely N-dealkylation sites (tertiary alicyclic amines) is 1. The number of nitrogens with zero attached hydrogens (tertiary/aromatic N) is 4. The summed E-state index contributed by atoms with van der Waals surface area (Å²) >= 11 is 6.28. The summed E-state index contributed by atoms with van der Waals surface area (Å²) in [4.78, 5) is 66.9. The van der Waals surface area contributed by atoms with E-state index in [-0.39, 0.29) is 48.2 Å². The molecule has 4 aliphatic rings. The van der Waals surface area contributed by atoms with E-state index in [4.69, 9.17) is 21.1 Å². The van der Waals surface area contributed by atoms with Gasteiger partial charge in [0.2, 0.25) is 33.7 Å². The predicted molar refractivity (Wildman–Crippen MR) is 205 cm³/mol. The van der Waals surface area contributed by atoms with E-state index in [2.05, 4.69) is 31.9 Å². The van der Waals surface area contributed by atoms with Crippen molar-refractivity contribution < 1.29 is 50.2 Å². The predicted octanol–water partition coefficient (Wildman–Crippen LogP) is 5.34. The first-order valence-electron chi connectivity index (χ1n) is 19.0. The van der Waals surface area contributed by atoms with Crippen molar-refractivity contribution >= 4 is 57.1 Å². The Balaban J connectivity index is 1.27. The fourth-order valence-electron chi connectivity index (χ4n) is 7.49. The number of halogens is 4. The van der Waals surface area contributed by atoms with Crippen LogP contribution in [-0.4, -0.2) is 101 Å². The first-order chi connectivity index (χ1) is 27.1. The highest BCUT2D eigenvalue weighted by Gasteiger charge is 2.65. The fourth-order valence-corrected chi connectivity index (χ4v) is 9.03. The van der Waals surface area contributed by atoms with E-state index in [1.54, 1.807) is 20.8 Å². The Hall–Kier alpha value is -4.65. The lowest BCUT2D eigenvalue weighted by Crippen LogP contribution is -2.60. The Labute approximate surface area is 339 Å². The zero-order valence-corrected chi connectivity index (χ0v) is 34.0. The highest BCUT2D eigenvalue weighted by Crippen LogP contribution is 2.50. The SMILES string of the molecule is C=C[C@@H]1C[C@@]1(C(=O)NS(=O)(=O)C1CC1)N(C)C(=O)[C@@H]1C[C@@H](Oc2cc(Cl)nc(Nc3ccc(C(F)(F)F)cc3)n2)CN1C(=O)[C@@H](NC(=O)OC1CCCC1)C(C)(C)C. The molecule has 2 aromatic rings. The number of alkyl halides is 3. The topological polar surface area (TPSA) is 189 Å². The van der Waals surface area contributed by atoms with Gasteiger partial charge in [0.05, 0.1) is 17.4 Å². The summed E-state index contributed by atoms with van der Waals surface area (Å²) in [5, 5.41) is 4.71. The molecule has 58 heavy (non-hydrogen) atoms. The molecule has 0 bridgehead atoms. The smallest absolute Gasteiger partial charge is 0.416 e. The molecule has 0 spiro atoms. The van der Waals surface area contributed by atoms with Gasteiger partial charge in [0.1, 0.15) is 35.0 Å². The lowest BCUT2D eigenvalue weighted by atomic mass is 9.85. The van der Waals surface area contributed by atoms with Crippen LogP contribution in [0.15, 0.2) is 43.0 Å². The molecule has 15 nitrogen and oxygen atoms in total. The number of hydrogen-bond acceptors (Lipinski definition) is 11. The van der Waals surface area contributed by atoms with Gasteiger partial charge in [-0.15, -0.1) is 6.58 Å². The van der Waals surface area contributed by atoms with Crippen LogP contribution in [0.5, 0.6) is 5.88 Å². The Morgan fingerprint density at radius 2 is 1.71 bits per heavy atom. The van der Waals surface area contributed by atoms with Gasteiger partial charge >= 0.3 is 12.3 Å². The second-order valence-electron chi connectivity index (χ2n) is 16.3. The molecule has 6 rings (SSSR count). The molecular weight excluding hydrogens is 807 g/mol. The Morgan fingerprint density at radius 3 is 2.28 bits per heavy atom. The average molecular weight is 854 g/mol. The summed E-state index contributed by atoms with van der Waals surface area (Å²) in [5.74, 6) is -2.98. The summed E-state index contributed by atoms with van der Waals surface area (Å²) in [6, 6.07) is 2.98. The maximum Gasteiger partial charge on any atom is 0.416 e. The second kappa shape index (κ2) is 16.2. The standard InChI is InChI=1S/C38H47ClF3N7O8S/c1-6-21-19-37(21,33(52)47-58(54,55)26-15-16-26)48(5)31(50)27-17-25(20-49(27)32(51)30(36(2,3)4)46-35(53)57-24-9-7-8-10-24)56-29-18-28(39)44-34(45-29)43-23-13-11-22(12-14-23)38(40,41)42/h6,11-14,18,21,24-27,30H,1,7-10,15-17,19-20H2,2-5H3,(H,46,53)(H,47,52)(H,43,44,45)/t21-,25-,27+,30-,37-/m1/s1. The van der Waals surface area contributed by atoms with E-state index in [1.807, 2.05) is 0 Å². The third-order valence-corrected chi connectivity index (χ3v) is 13.0. The van der Waals surface area contributed by atoms with E-state index in [0.29, 0.717) is 25.7 Å².